The summed E-state index contributed by atoms with van der Waals surface area (Å²) in [6.45, 7) is 3.03. The first kappa shape index (κ1) is 13.0. The SMILES string of the molecule is CCC(CCO)CNc1nn2c(=O)ccnc2s1. The van der Waals surface area contributed by atoms with Crippen LogP contribution in [0.2, 0.25) is 0 Å². The summed E-state index contributed by atoms with van der Waals surface area (Å²) in [5, 5.41) is 17.0. The van der Waals surface area contributed by atoms with Crippen LogP contribution >= 0.6 is 11.3 Å². The van der Waals surface area contributed by atoms with Crippen LogP contribution in [0.4, 0.5) is 5.13 Å². The first-order chi connectivity index (χ1) is 8.74. The predicted octanol–water partition coefficient (Wildman–Crippen LogP) is 0.971. The second-order valence-electron chi connectivity index (χ2n) is 4.05. The topological polar surface area (TPSA) is 79.5 Å². The van der Waals surface area contributed by atoms with E-state index in [1.54, 1.807) is 0 Å². The fraction of sp³-hybridized carbons (Fsp3) is 0.545. The van der Waals surface area contributed by atoms with E-state index >= 15 is 0 Å². The molecular formula is C11H16N4O2S. The lowest BCUT2D eigenvalue weighted by Gasteiger charge is -2.12. The van der Waals surface area contributed by atoms with E-state index in [-0.39, 0.29) is 12.2 Å². The van der Waals surface area contributed by atoms with Crippen LogP contribution in [0, 0.1) is 5.92 Å². The Morgan fingerprint density at radius 2 is 2.44 bits per heavy atom. The molecule has 0 saturated carbocycles. The summed E-state index contributed by atoms with van der Waals surface area (Å²) >= 11 is 1.35. The van der Waals surface area contributed by atoms with Gasteiger partial charge in [-0.1, -0.05) is 24.7 Å². The summed E-state index contributed by atoms with van der Waals surface area (Å²) in [5.74, 6) is 0.409. The van der Waals surface area contributed by atoms with E-state index in [1.807, 2.05) is 0 Å². The van der Waals surface area contributed by atoms with Gasteiger partial charge in [0.15, 0.2) is 0 Å². The number of aliphatic hydroxyl groups excluding tert-OH is 1. The summed E-state index contributed by atoms with van der Waals surface area (Å²) in [5.41, 5.74) is -0.174. The van der Waals surface area contributed by atoms with Crippen LogP contribution in [0.25, 0.3) is 4.96 Å². The fourth-order valence-electron chi connectivity index (χ4n) is 1.68. The molecule has 2 N–H and O–H groups in total. The van der Waals surface area contributed by atoms with Crippen molar-refractivity contribution >= 4 is 21.4 Å². The number of rotatable bonds is 6. The molecule has 18 heavy (non-hydrogen) atoms. The largest absolute Gasteiger partial charge is 0.396 e. The highest BCUT2D eigenvalue weighted by Gasteiger charge is 2.09. The predicted molar refractivity (Wildman–Crippen MR) is 71.1 cm³/mol. The van der Waals surface area contributed by atoms with Crippen LogP contribution in [0.1, 0.15) is 19.8 Å². The maximum absolute atomic E-state index is 11.5. The van der Waals surface area contributed by atoms with Gasteiger partial charge in [-0.2, -0.15) is 4.52 Å². The lowest BCUT2D eigenvalue weighted by Crippen LogP contribution is -2.16. The lowest BCUT2D eigenvalue weighted by molar-refractivity contribution is 0.258. The van der Waals surface area contributed by atoms with Gasteiger partial charge in [0.2, 0.25) is 10.1 Å². The molecule has 0 aliphatic carbocycles. The number of nitrogens with one attached hydrogen (secondary N) is 1. The number of aliphatic hydroxyl groups is 1. The third-order valence-electron chi connectivity index (χ3n) is 2.83. The maximum Gasteiger partial charge on any atom is 0.275 e. The quantitative estimate of drug-likeness (QED) is 0.816. The normalized spacial score (nSPS) is 12.8. The molecule has 0 bridgehead atoms. The van der Waals surface area contributed by atoms with Crippen molar-refractivity contribution in [2.24, 2.45) is 5.92 Å². The Bertz CT molecular complexity index is 565. The summed E-state index contributed by atoms with van der Waals surface area (Å²) in [4.78, 5) is 16.2. The maximum atomic E-state index is 11.5. The third kappa shape index (κ3) is 2.85. The van der Waals surface area contributed by atoms with E-state index in [9.17, 15) is 4.79 Å². The molecule has 0 saturated heterocycles. The Labute approximate surface area is 108 Å². The van der Waals surface area contributed by atoms with Crippen molar-refractivity contribution in [3.05, 3.63) is 22.6 Å². The lowest BCUT2D eigenvalue weighted by atomic mass is 10.0. The fourth-order valence-corrected chi connectivity index (χ4v) is 2.46. The summed E-state index contributed by atoms with van der Waals surface area (Å²) in [6.07, 6.45) is 3.25. The Balaban J connectivity index is 2.08. The van der Waals surface area contributed by atoms with Gasteiger partial charge in [0.05, 0.1) is 0 Å². The minimum absolute atomic E-state index is 0.174. The second-order valence-corrected chi connectivity index (χ2v) is 5.01. The number of hydrogen-bond acceptors (Lipinski definition) is 6. The molecule has 7 heteroatoms. The van der Waals surface area contributed by atoms with Gasteiger partial charge in [0.25, 0.3) is 5.56 Å². The molecule has 98 valence electrons. The molecular weight excluding hydrogens is 252 g/mol. The van der Waals surface area contributed by atoms with Crippen molar-refractivity contribution < 1.29 is 5.11 Å². The molecule has 0 radical (unpaired) electrons. The number of anilines is 1. The third-order valence-corrected chi connectivity index (χ3v) is 3.71. The summed E-state index contributed by atoms with van der Waals surface area (Å²) in [6, 6.07) is 1.39. The second kappa shape index (κ2) is 5.92. The summed E-state index contributed by atoms with van der Waals surface area (Å²) < 4.78 is 1.29. The van der Waals surface area contributed by atoms with E-state index in [2.05, 4.69) is 22.3 Å². The van der Waals surface area contributed by atoms with Gasteiger partial charge < -0.3 is 10.4 Å². The van der Waals surface area contributed by atoms with Crippen LogP contribution in [0.15, 0.2) is 17.1 Å². The monoisotopic (exact) mass is 268 g/mol. The average Bonchev–Trinajstić information content (AvgIpc) is 2.79. The molecule has 0 fully saturated rings. The number of aromatic nitrogens is 3. The number of nitrogens with zero attached hydrogens (tertiary/aromatic N) is 3. The Morgan fingerprint density at radius 3 is 3.11 bits per heavy atom. The van der Waals surface area contributed by atoms with Crippen LogP contribution in [0.5, 0.6) is 0 Å². The highest BCUT2D eigenvalue weighted by atomic mass is 32.1. The molecule has 0 spiro atoms. The molecule has 0 aromatic carbocycles. The van der Waals surface area contributed by atoms with Crippen LogP contribution in [-0.4, -0.2) is 32.9 Å². The minimum atomic E-state index is -0.174. The van der Waals surface area contributed by atoms with Gasteiger partial charge in [0, 0.05) is 25.4 Å². The summed E-state index contributed by atoms with van der Waals surface area (Å²) in [7, 11) is 0. The van der Waals surface area contributed by atoms with Crippen LogP contribution in [0.3, 0.4) is 0 Å². The molecule has 0 aliphatic rings. The van der Waals surface area contributed by atoms with E-state index in [1.165, 1.54) is 28.1 Å². The molecule has 2 aromatic rings. The van der Waals surface area contributed by atoms with E-state index < -0.39 is 0 Å². The standard InChI is InChI=1S/C11H16N4O2S/c1-2-8(4-6-16)7-13-10-14-15-9(17)3-5-12-11(15)18-10/h3,5,8,16H,2,4,6-7H2,1H3,(H,13,14). The first-order valence-electron chi connectivity index (χ1n) is 5.94. The van der Waals surface area contributed by atoms with Gasteiger partial charge in [-0.3, -0.25) is 4.79 Å². The van der Waals surface area contributed by atoms with Gasteiger partial charge in [-0.25, -0.2) is 4.98 Å². The molecule has 2 rings (SSSR count). The molecule has 0 aliphatic heterocycles. The van der Waals surface area contributed by atoms with Crippen molar-refractivity contribution in [3.63, 3.8) is 0 Å². The van der Waals surface area contributed by atoms with E-state index in [4.69, 9.17) is 5.11 Å². The Hall–Kier alpha value is -1.47. The van der Waals surface area contributed by atoms with Gasteiger partial charge >= 0.3 is 0 Å². The zero-order chi connectivity index (χ0) is 13.0. The van der Waals surface area contributed by atoms with Crippen molar-refractivity contribution in [3.8, 4) is 0 Å². The molecule has 1 atom stereocenters. The molecule has 2 heterocycles. The highest BCUT2D eigenvalue weighted by molar-refractivity contribution is 7.20. The van der Waals surface area contributed by atoms with E-state index in [0.717, 1.165) is 19.4 Å². The van der Waals surface area contributed by atoms with Gasteiger partial charge in [-0.15, -0.1) is 5.10 Å². The molecule has 6 nitrogen and oxygen atoms in total. The Morgan fingerprint density at radius 1 is 1.61 bits per heavy atom. The number of hydrogen-bond donors (Lipinski definition) is 2. The van der Waals surface area contributed by atoms with Crippen molar-refractivity contribution in [2.75, 3.05) is 18.5 Å². The minimum Gasteiger partial charge on any atom is -0.396 e. The van der Waals surface area contributed by atoms with Crippen LogP contribution in [-0.2, 0) is 0 Å². The zero-order valence-corrected chi connectivity index (χ0v) is 11.0. The van der Waals surface area contributed by atoms with Gasteiger partial charge in [-0.05, 0) is 12.3 Å². The molecule has 1 unspecified atom stereocenters. The smallest absolute Gasteiger partial charge is 0.275 e. The molecule has 2 aromatic heterocycles. The highest BCUT2D eigenvalue weighted by Crippen LogP contribution is 2.17. The van der Waals surface area contributed by atoms with Gasteiger partial charge in [0.1, 0.15) is 0 Å². The van der Waals surface area contributed by atoms with Crippen molar-refractivity contribution in [2.45, 2.75) is 19.8 Å². The average molecular weight is 268 g/mol. The number of fused-ring (bicyclic) bond motifs is 1. The van der Waals surface area contributed by atoms with E-state index in [0.29, 0.717) is 16.0 Å². The zero-order valence-electron chi connectivity index (χ0n) is 10.2. The van der Waals surface area contributed by atoms with Crippen molar-refractivity contribution in [1.82, 2.24) is 14.6 Å². The van der Waals surface area contributed by atoms with Crippen molar-refractivity contribution in [1.29, 1.82) is 0 Å². The Kier molecular flexibility index (Phi) is 4.27. The first-order valence-corrected chi connectivity index (χ1v) is 6.76. The molecule has 0 amide bonds. The van der Waals surface area contributed by atoms with Crippen LogP contribution < -0.4 is 10.9 Å².